The van der Waals surface area contributed by atoms with Gasteiger partial charge in [0.2, 0.25) is 0 Å². The minimum Gasteiger partial charge on any atom is -0.497 e. The van der Waals surface area contributed by atoms with Gasteiger partial charge < -0.3 is 14.8 Å². The van der Waals surface area contributed by atoms with Crippen molar-refractivity contribution in [2.75, 3.05) is 19.5 Å². The fraction of sp³-hybridized carbons (Fsp3) is 0.200. The number of aromatic nitrogens is 2. The highest BCUT2D eigenvalue weighted by Gasteiger charge is 2.18. The lowest BCUT2D eigenvalue weighted by Gasteiger charge is -2.11. The van der Waals surface area contributed by atoms with Crippen LogP contribution in [0.1, 0.15) is 23.0 Å². The second-order valence-electron chi connectivity index (χ2n) is 5.85. The van der Waals surface area contributed by atoms with Crippen molar-refractivity contribution >= 4 is 11.6 Å². The number of aryl methyl sites for hydroxylation is 1. The third-order valence-corrected chi connectivity index (χ3v) is 4.15. The Bertz CT molecular complexity index is 947. The first-order valence-corrected chi connectivity index (χ1v) is 8.43. The van der Waals surface area contributed by atoms with E-state index in [0.717, 1.165) is 5.69 Å². The smallest absolute Gasteiger partial charge is 0.256 e. The number of carbonyl (C=O) groups is 1. The topological polar surface area (TPSA) is 76.2 Å². The molecular weight excluding hydrogens is 349 g/mol. The number of nitrogens with zero attached hydrogens (tertiary/aromatic N) is 1. The first-order valence-electron chi connectivity index (χ1n) is 8.43. The van der Waals surface area contributed by atoms with Gasteiger partial charge in [0.25, 0.3) is 5.91 Å². The minimum atomic E-state index is -0.372. The van der Waals surface area contributed by atoms with E-state index in [4.69, 9.17) is 9.47 Å². The summed E-state index contributed by atoms with van der Waals surface area (Å²) in [6, 6.07) is 11.0. The molecule has 3 rings (SSSR count). The normalized spacial score (nSPS) is 10.5. The minimum absolute atomic E-state index is 0.346. The molecule has 0 bridgehead atoms. The van der Waals surface area contributed by atoms with Crippen molar-refractivity contribution in [1.82, 2.24) is 10.2 Å². The molecule has 1 amide bonds. The number of anilines is 1. The van der Waals surface area contributed by atoms with Crippen LogP contribution in [0.15, 0.2) is 42.5 Å². The molecule has 0 atom stereocenters. The monoisotopic (exact) mass is 369 g/mol. The van der Waals surface area contributed by atoms with Crippen LogP contribution in [0, 0.1) is 5.82 Å². The van der Waals surface area contributed by atoms with E-state index in [1.54, 1.807) is 30.3 Å². The molecule has 1 heterocycles. The largest absolute Gasteiger partial charge is 0.497 e. The molecule has 0 unspecified atom stereocenters. The van der Waals surface area contributed by atoms with Gasteiger partial charge in [-0.05, 0) is 30.7 Å². The lowest BCUT2D eigenvalue weighted by molar-refractivity contribution is 0.102. The molecule has 6 nitrogen and oxygen atoms in total. The summed E-state index contributed by atoms with van der Waals surface area (Å²) in [5.41, 5.74) is 2.70. The summed E-state index contributed by atoms with van der Waals surface area (Å²) in [5.74, 6) is 0.296. The highest BCUT2D eigenvalue weighted by Crippen LogP contribution is 2.31. The fourth-order valence-corrected chi connectivity index (χ4v) is 2.74. The number of nitrogens with one attached hydrogen (secondary N) is 2. The molecule has 0 aliphatic heterocycles. The van der Waals surface area contributed by atoms with E-state index in [9.17, 15) is 9.18 Å². The molecule has 140 valence electrons. The van der Waals surface area contributed by atoms with Crippen molar-refractivity contribution in [2.45, 2.75) is 13.3 Å². The third-order valence-electron chi connectivity index (χ3n) is 4.15. The van der Waals surface area contributed by atoms with Gasteiger partial charge in [0.15, 0.2) is 0 Å². The van der Waals surface area contributed by atoms with Crippen molar-refractivity contribution in [2.24, 2.45) is 0 Å². The molecule has 2 N–H and O–H groups in total. The van der Waals surface area contributed by atoms with Crippen molar-refractivity contribution < 1.29 is 18.7 Å². The van der Waals surface area contributed by atoms with Crippen LogP contribution in [-0.2, 0) is 6.42 Å². The zero-order valence-corrected chi connectivity index (χ0v) is 15.3. The highest BCUT2D eigenvalue weighted by molar-refractivity contribution is 6.06. The first kappa shape index (κ1) is 18.4. The van der Waals surface area contributed by atoms with E-state index in [-0.39, 0.29) is 11.7 Å². The predicted octanol–water partition coefficient (Wildman–Crippen LogP) is 4.05. The van der Waals surface area contributed by atoms with Gasteiger partial charge in [0.1, 0.15) is 23.0 Å². The SMILES string of the molecule is CCc1[nH]nc(-c2cccc(F)c2)c1NC(=O)c1cc(OC)cc(OC)c1. The van der Waals surface area contributed by atoms with Crippen LogP contribution in [0.4, 0.5) is 10.1 Å². The summed E-state index contributed by atoms with van der Waals surface area (Å²) in [6.45, 7) is 1.94. The summed E-state index contributed by atoms with van der Waals surface area (Å²) in [7, 11) is 3.04. The molecule has 0 saturated carbocycles. The van der Waals surface area contributed by atoms with Crippen LogP contribution < -0.4 is 14.8 Å². The van der Waals surface area contributed by atoms with E-state index >= 15 is 0 Å². The molecule has 0 saturated heterocycles. The number of methoxy groups -OCH3 is 2. The van der Waals surface area contributed by atoms with Crippen molar-refractivity contribution in [3.8, 4) is 22.8 Å². The highest BCUT2D eigenvalue weighted by atomic mass is 19.1. The van der Waals surface area contributed by atoms with Crippen molar-refractivity contribution in [1.29, 1.82) is 0 Å². The summed E-state index contributed by atoms with van der Waals surface area (Å²) in [4.78, 5) is 12.8. The average Bonchev–Trinajstić information content (AvgIpc) is 3.10. The molecule has 0 fully saturated rings. The predicted molar refractivity (Wildman–Crippen MR) is 101 cm³/mol. The van der Waals surface area contributed by atoms with E-state index in [1.165, 1.54) is 26.4 Å². The molecule has 7 heteroatoms. The Labute approximate surface area is 156 Å². The number of aromatic amines is 1. The molecule has 3 aromatic rings. The molecule has 0 aliphatic rings. The van der Waals surface area contributed by atoms with Crippen LogP contribution in [-0.4, -0.2) is 30.3 Å². The zero-order valence-electron chi connectivity index (χ0n) is 15.3. The Balaban J connectivity index is 1.98. The van der Waals surface area contributed by atoms with Gasteiger partial charge >= 0.3 is 0 Å². The molecule has 0 radical (unpaired) electrons. The number of hydrogen-bond acceptors (Lipinski definition) is 4. The summed E-state index contributed by atoms with van der Waals surface area (Å²) >= 11 is 0. The second kappa shape index (κ2) is 7.90. The Morgan fingerprint density at radius 1 is 1.15 bits per heavy atom. The van der Waals surface area contributed by atoms with Gasteiger partial charge in [0, 0.05) is 17.2 Å². The van der Waals surface area contributed by atoms with Gasteiger partial charge in [-0.15, -0.1) is 0 Å². The number of carbonyl (C=O) groups excluding carboxylic acids is 1. The van der Waals surface area contributed by atoms with Crippen molar-refractivity contribution in [3.05, 3.63) is 59.5 Å². The Morgan fingerprint density at radius 3 is 2.44 bits per heavy atom. The maximum absolute atomic E-state index is 13.6. The quantitative estimate of drug-likeness (QED) is 0.687. The molecule has 0 aliphatic carbocycles. The van der Waals surface area contributed by atoms with E-state index < -0.39 is 0 Å². The lowest BCUT2D eigenvalue weighted by Crippen LogP contribution is -2.13. The van der Waals surface area contributed by atoms with Gasteiger partial charge in [-0.1, -0.05) is 19.1 Å². The summed E-state index contributed by atoms with van der Waals surface area (Å²) in [6.07, 6.45) is 0.624. The Kier molecular flexibility index (Phi) is 5.40. The van der Waals surface area contributed by atoms with Crippen molar-refractivity contribution in [3.63, 3.8) is 0 Å². The van der Waals surface area contributed by atoms with E-state index in [1.807, 2.05) is 6.92 Å². The molecule has 2 aromatic carbocycles. The number of halogens is 1. The maximum atomic E-state index is 13.6. The van der Waals surface area contributed by atoms with Crippen LogP contribution >= 0.6 is 0 Å². The molecule has 27 heavy (non-hydrogen) atoms. The van der Waals surface area contributed by atoms with Gasteiger partial charge in [-0.25, -0.2) is 4.39 Å². The van der Waals surface area contributed by atoms with Crippen LogP contribution in [0.5, 0.6) is 11.5 Å². The maximum Gasteiger partial charge on any atom is 0.256 e. The number of H-pyrrole nitrogens is 1. The molecule has 1 aromatic heterocycles. The first-order chi connectivity index (χ1) is 13.0. The van der Waals surface area contributed by atoms with Gasteiger partial charge in [0.05, 0.1) is 25.6 Å². The van der Waals surface area contributed by atoms with Crippen LogP contribution in [0.2, 0.25) is 0 Å². The lowest BCUT2D eigenvalue weighted by atomic mass is 10.1. The number of hydrogen-bond donors (Lipinski definition) is 2. The number of benzene rings is 2. The van der Waals surface area contributed by atoms with Gasteiger partial charge in [-0.2, -0.15) is 5.10 Å². The standard InChI is InChI=1S/C20H20FN3O3/c1-4-17-19(18(24-23-17)12-6-5-7-14(21)8-12)22-20(25)13-9-15(26-2)11-16(10-13)27-3/h5-11H,4H2,1-3H3,(H,22,25)(H,23,24). The number of ether oxygens (including phenoxy) is 2. The Hall–Kier alpha value is -3.35. The van der Waals surface area contributed by atoms with E-state index in [0.29, 0.717) is 40.4 Å². The summed E-state index contributed by atoms with van der Waals surface area (Å²) in [5, 5.41) is 10.0. The number of rotatable bonds is 6. The second-order valence-corrected chi connectivity index (χ2v) is 5.85. The van der Waals surface area contributed by atoms with Gasteiger partial charge in [-0.3, -0.25) is 9.89 Å². The summed E-state index contributed by atoms with van der Waals surface area (Å²) < 4.78 is 24.0. The molecular formula is C20H20FN3O3. The van der Waals surface area contributed by atoms with Crippen LogP contribution in [0.3, 0.4) is 0 Å². The average molecular weight is 369 g/mol. The van der Waals surface area contributed by atoms with Crippen LogP contribution in [0.25, 0.3) is 11.3 Å². The number of amides is 1. The zero-order chi connectivity index (χ0) is 19.4. The third kappa shape index (κ3) is 3.92. The van der Waals surface area contributed by atoms with E-state index in [2.05, 4.69) is 15.5 Å². The fourth-order valence-electron chi connectivity index (χ4n) is 2.74. The Morgan fingerprint density at radius 2 is 1.85 bits per heavy atom. The molecule has 0 spiro atoms.